The zero-order valence-electron chi connectivity index (χ0n) is 8.66. The first-order valence-electron chi connectivity index (χ1n) is 4.71. The summed E-state index contributed by atoms with van der Waals surface area (Å²) >= 11 is 5.74. The number of carbonyl (C=O) groups is 1. The smallest absolute Gasteiger partial charge is 0.313 e. The second-order valence-corrected chi connectivity index (χ2v) is 3.59. The van der Waals surface area contributed by atoms with Crippen molar-refractivity contribution in [1.82, 2.24) is 0 Å². The molecule has 0 radical (unpaired) electrons. The van der Waals surface area contributed by atoms with Crippen molar-refractivity contribution < 1.29 is 14.6 Å². The van der Waals surface area contributed by atoms with Crippen LogP contribution in [-0.4, -0.2) is 17.7 Å². The van der Waals surface area contributed by atoms with Crippen LogP contribution >= 0.6 is 11.6 Å². The van der Waals surface area contributed by atoms with E-state index < -0.39 is 0 Å². The van der Waals surface area contributed by atoms with E-state index in [2.05, 4.69) is 0 Å². The van der Waals surface area contributed by atoms with Crippen LogP contribution in [-0.2, 0) is 9.53 Å². The van der Waals surface area contributed by atoms with Crippen LogP contribution in [0.25, 0.3) is 0 Å². The van der Waals surface area contributed by atoms with Gasteiger partial charge in [0.2, 0.25) is 0 Å². The molecule has 0 aliphatic carbocycles. The molecule has 1 aromatic rings. The van der Waals surface area contributed by atoms with Crippen LogP contribution in [0.1, 0.15) is 25.3 Å². The van der Waals surface area contributed by atoms with E-state index in [1.165, 1.54) is 6.07 Å². The Hall–Kier alpha value is -1.22. The first-order chi connectivity index (χ1) is 7.06. The molecule has 1 unspecified atom stereocenters. The first-order valence-corrected chi connectivity index (χ1v) is 5.09. The van der Waals surface area contributed by atoms with Crippen molar-refractivity contribution in [3.8, 4) is 5.75 Å². The van der Waals surface area contributed by atoms with Crippen molar-refractivity contribution in [3.63, 3.8) is 0 Å². The van der Waals surface area contributed by atoms with Gasteiger partial charge in [0.1, 0.15) is 5.75 Å². The van der Waals surface area contributed by atoms with Gasteiger partial charge in [-0.1, -0.05) is 17.7 Å². The quantitative estimate of drug-likeness (QED) is 0.810. The summed E-state index contributed by atoms with van der Waals surface area (Å²) in [5.41, 5.74) is 0.733. The van der Waals surface area contributed by atoms with Gasteiger partial charge in [0.15, 0.2) is 0 Å². The number of rotatable bonds is 3. The first kappa shape index (κ1) is 11.9. The van der Waals surface area contributed by atoms with Crippen LogP contribution in [0.15, 0.2) is 18.2 Å². The van der Waals surface area contributed by atoms with Gasteiger partial charge in [0, 0.05) is 0 Å². The number of hydrogen-bond acceptors (Lipinski definition) is 3. The predicted octanol–water partition coefficient (Wildman–Crippen LogP) is 2.71. The molecule has 1 aromatic carbocycles. The third kappa shape index (κ3) is 2.86. The van der Waals surface area contributed by atoms with E-state index in [4.69, 9.17) is 16.3 Å². The lowest BCUT2D eigenvalue weighted by Gasteiger charge is -2.11. The number of ether oxygens (including phenoxy) is 1. The molecule has 0 fully saturated rings. The molecule has 15 heavy (non-hydrogen) atoms. The SMILES string of the molecule is CCOC(=O)C(C)c1ccc(O)c(Cl)c1. The second kappa shape index (κ2) is 5.03. The van der Waals surface area contributed by atoms with Gasteiger partial charge >= 0.3 is 5.97 Å². The van der Waals surface area contributed by atoms with E-state index in [0.29, 0.717) is 6.61 Å². The van der Waals surface area contributed by atoms with Crippen LogP contribution in [0.2, 0.25) is 5.02 Å². The van der Waals surface area contributed by atoms with Crippen LogP contribution in [0.4, 0.5) is 0 Å². The van der Waals surface area contributed by atoms with Gasteiger partial charge in [-0.15, -0.1) is 0 Å². The van der Waals surface area contributed by atoms with Crippen LogP contribution in [0.5, 0.6) is 5.75 Å². The lowest BCUT2D eigenvalue weighted by atomic mass is 10.0. The molecule has 0 spiro atoms. The number of aromatic hydroxyl groups is 1. The number of phenolic OH excluding ortho intramolecular Hbond substituents is 1. The van der Waals surface area contributed by atoms with Crippen LogP contribution in [0.3, 0.4) is 0 Å². The third-order valence-corrected chi connectivity index (χ3v) is 2.41. The number of halogens is 1. The Kier molecular flexibility index (Phi) is 3.97. The number of benzene rings is 1. The predicted molar refractivity (Wildman–Crippen MR) is 58.2 cm³/mol. The summed E-state index contributed by atoms with van der Waals surface area (Å²) in [5, 5.41) is 9.46. The van der Waals surface area contributed by atoms with Gasteiger partial charge in [-0.3, -0.25) is 4.79 Å². The monoisotopic (exact) mass is 228 g/mol. The number of esters is 1. The highest BCUT2D eigenvalue weighted by Crippen LogP contribution is 2.27. The third-order valence-electron chi connectivity index (χ3n) is 2.11. The molecule has 0 aromatic heterocycles. The molecular weight excluding hydrogens is 216 g/mol. The molecule has 0 saturated heterocycles. The minimum atomic E-state index is -0.372. The van der Waals surface area contributed by atoms with E-state index in [1.54, 1.807) is 26.0 Å². The van der Waals surface area contributed by atoms with Gasteiger partial charge in [-0.05, 0) is 31.5 Å². The minimum absolute atomic E-state index is 0.0106. The van der Waals surface area contributed by atoms with Crippen LogP contribution < -0.4 is 0 Å². The molecule has 82 valence electrons. The zero-order valence-corrected chi connectivity index (χ0v) is 9.41. The number of hydrogen-bond donors (Lipinski definition) is 1. The molecular formula is C11H13ClO3. The highest BCUT2D eigenvalue weighted by atomic mass is 35.5. The fourth-order valence-corrected chi connectivity index (χ4v) is 1.38. The standard InChI is InChI=1S/C11H13ClO3/c1-3-15-11(14)7(2)8-4-5-10(13)9(12)6-8/h4-7,13H,3H2,1-2H3. The van der Waals surface area contributed by atoms with Gasteiger partial charge in [0.05, 0.1) is 17.5 Å². The Labute approximate surface area is 93.6 Å². The van der Waals surface area contributed by atoms with Crippen molar-refractivity contribution in [1.29, 1.82) is 0 Å². The van der Waals surface area contributed by atoms with Gasteiger partial charge in [-0.25, -0.2) is 0 Å². The highest BCUT2D eigenvalue weighted by Gasteiger charge is 2.17. The van der Waals surface area contributed by atoms with Crippen molar-refractivity contribution in [3.05, 3.63) is 28.8 Å². The summed E-state index contributed by atoms with van der Waals surface area (Å²) in [7, 11) is 0. The molecule has 0 heterocycles. The van der Waals surface area contributed by atoms with Gasteiger partial charge < -0.3 is 9.84 Å². The number of carbonyl (C=O) groups excluding carboxylic acids is 1. The summed E-state index contributed by atoms with van der Waals surface area (Å²) in [6, 6.07) is 4.69. The van der Waals surface area contributed by atoms with Crippen molar-refractivity contribution in [2.24, 2.45) is 0 Å². The Morgan fingerprint density at radius 1 is 1.60 bits per heavy atom. The summed E-state index contributed by atoms with van der Waals surface area (Å²) in [4.78, 5) is 11.4. The van der Waals surface area contributed by atoms with E-state index >= 15 is 0 Å². The largest absolute Gasteiger partial charge is 0.506 e. The Balaban J connectivity index is 2.86. The second-order valence-electron chi connectivity index (χ2n) is 3.18. The Bertz CT molecular complexity index is 363. The summed E-state index contributed by atoms with van der Waals surface area (Å²) in [5.74, 6) is -0.654. The van der Waals surface area contributed by atoms with E-state index in [1.807, 2.05) is 0 Å². The molecule has 1 atom stereocenters. The van der Waals surface area contributed by atoms with Crippen molar-refractivity contribution in [2.45, 2.75) is 19.8 Å². The molecule has 0 aliphatic heterocycles. The van der Waals surface area contributed by atoms with E-state index in [-0.39, 0.29) is 22.7 Å². The molecule has 0 aliphatic rings. The average molecular weight is 229 g/mol. The molecule has 3 nitrogen and oxygen atoms in total. The van der Waals surface area contributed by atoms with Crippen LogP contribution in [0, 0.1) is 0 Å². The van der Waals surface area contributed by atoms with E-state index in [9.17, 15) is 9.90 Å². The maximum Gasteiger partial charge on any atom is 0.313 e. The maximum atomic E-state index is 11.4. The fraction of sp³-hybridized carbons (Fsp3) is 0.364. The van der Waals surface area contributed by atoms with Crippen molar-refractivity contribution in [2.75, 3.05) is 6.61 Å². The summed E-state index contributed by atoms with van der Waals surface area (Å²) in [6.07, 6.45) is 0. The molecule has 0 saturated carbocycles. The van der Waals surface area contributed by atoms with Crippen molar-refractivity contribution >= 4 is 17.6 Å². The Morgan fingerprint density at radius 2 is 2.27 bits per heavy atom. The molecule has 4 heteroatoms. The van der Waals surface area contributed by atoms with Gasteiger partial charge in [-0.2, -0.15) is 0 Å². The topological polar surface area (TPSA) is 46.5 Å². The summed E-state index contributed by atoms with van der Waals surface area (Å²) in [6.45, 7) is 3.85. The zero-order chi connectivity index (χ0) is 11.4. The lowest BCUT2D eigenvalue weighted by molar-refractivity contribution is -0.144. The maximum absolute atomic E-state index is 11.4. The number of phenols is 1. The molecule has 1 N–H and O–H groups in total. The minimum Gasteiger partial charge on any atom is -0.506 e. The van der Waals surface area contributed by atoms with E-state index in [0.717, 1.165) is 5.56 Å². The Morgan fingerprint density at radius 3 is 2.80 bits per heavy atom. The fourth-order valence-electron chi connectivity index (χ4n) is 1.20. The van der Waals surface area contributed by atoms with Gasteiger partial charge in [0.25, 0.3) is 0 Å². The normalized spacial score (nSPS) is 12.2. The average Bonchev–Trinajstić information content (AvgIpc) is 2.21. The highest BCUT2D eigenvalue weighted by molar-refractivity contribution is 6.32. The lowest BCUT2D eigenvalue weighted by Crippen LogP contribution is -2.12. The molecule has 0 bridgehead atoms. The molecule has 1 rings (SSSR count). The molecule has 0 amide bonds. The summed E-state index contributed by atoms with van der Waals surface area (Å²) < 4.78 is 4.88.